The van der Waals surface area contributed by atoms with E-state index >= 15 is 0 Å². The lowest BCUT2D eigenvalue weighted by atomic mass is 10.2. The lowest BCUT2D eigenvalue weighted by Crippen LogP contribution is -2.29. The van der Waals surface area contributed by atoms with Gasteiger partial charge in [0.15, 0.2) is 0 Å². The minimum absolute atomic E-state index is 0.161. The van der Waals surface area contributed by atoms with Crippen LogP contribution in [0.1, 0.15) is 24.8 Å². The molecule has 0 saturated heterocycles. The standard InChI is InChI=1S/C19H19ClN2O3/c20-14-3-1-13(2-4-14)12-25-17-9-7-16(8-10-17)22-19(24)11-18(23)21-15-5-6-15/h1-4,7-10,15H,5-6,11-12H2,(H,21,23)(H,22,24). The zero-order valence-corrected chi connectivity index (χ0v) is 14.4. The van der Waals surface area contributed by atoms with Gasteiger partial charge in [-0.15, -0.1) is 0 Å². The van der Waals surface area contributed by atoms with E-state index in [1.54, 1.807) is 24.3 Å². The monoisotopic (exact) mass is 358 g/mol. The Bertz CT molecular complexity index is 740. The molecule has 2 aromatic rings. The normalized spacial score (nSPS) is 13.2. The Balaban J connectivity index is 1.45. The molecule has 1 aliphatic rings. The second-order valence-electron chi connectivity index (χ2n) is 6.01. The van der Waals surface area contributed by atoms with Gasteiger partial charge >= 0.3 is 0 Å². The maximum atomic E-state index is 11.8. The van der Waals surface area contributed by atoms with Crippen molar-refractivity contribution in [1.29, 1.82) is 0 Å². The summed E-state index contributed by atoms with van der Waals surface area (Å²) in [5.41, 5.74) is 1.64. The number of carbonyl (C=O) groups is 2. The van der Waals surface area contributed by atoms with Crippen molar-refractivity contribution in [3.05, 3.63) is 59.1 Å². The number of hydrogen-bond donors (Lipinski definition) is 2. The maximum absolute atomic E-state index is 11.8. The van der Waals surface area contributed by atoms with E-state index in [1.165, 1.54) is 0 Å². The Kier molecular flexibility index (Phi) is 5.56. The summed E-state index contributed by atoms with van der Waals surface area (Å²) in [5.74, 6) is 0.135. The zero-order chi connectivity index (χ0) is 17.6. The Morgan fingerprint density at radius 3 is 2.32 bits per heavy atom. The molecule has 1 aliphatic carbocycles. The topological polar surface area (TPSA) is 67.4 Å². The van der Waals surface area contributed by atoms with Crippen LogP contribution in [0.15, 0.2) is 48.5 Å². The first-order valence-corrected chi connectivity index (χ1v) is 8.53. The van der Waals surface area contributed by atoms with Crippen LogP contribution < -0.4 is 15.4 Å². The van der Waals surface area contributed by atoms with Gasteiger partial charge in [-0.25, -0.2) is 0 Å². The highest BCUT2D eigenvalue weighted by Gasteiger charge is 2.24. The van der Waals surface area contributed by atoms with Gasteiger partial charge in [0.25, 0.3) is 0 Å². The fourth-order valence-corrected chi connectivity index (χ4v) is 2.37. The quantitative estimate of drug-likeness (QED) is 0.744. The third kappa shape index (κ3) is 5.80. The van der Waals surface area contributed by atoms with Gasteiger partial charge in [0.05, 0.1) is 0 Å². The minimum Gasteiger partial charge on any atom is -0.489 e. The molecule has 0 radical (unpaired) electrons. The summed E-state index contributed by atoms with van der Waals surface area (Å²) in [4.78, 5) is 23.4. The van der Waals surface area contributed by atoms with Crippen LogP contribution in [0.2, 0.25) is 5.02 Å². The Hall–Kier alpha value is -2.53. The van der Waals surface area contributed by atoms with Crippen molar-refractivity contribution in [2.75, 3.05) is 5.32 Å². The van der Waals surface area contributed by atoms with E-state index in [0.717, 1.165) is 18.4 Å². The molecule has 6 heteroatoms. The molecule has 0 aromatic heterocycles. The molecule has 0 spiro atoms. The maximum Gasteiger partial charge on any atom is 0.233 e. The lowest BCUT2D eigenvalue weighted by molar-refractivity contribution is -0.126. The molecule has 3 rings (SSSR count). The van der Waals surface area contributed by atoms with Crippen molar-refractivity contribution in [2.45, 2.75) is 31.9 Å². The Labute approximate surface area is 151 Å². The lowest BCUT2D eigenvalue weighted by Gasteiger charge is -2.09. The number of carbonyl (C=O) groups excluding carboxylic acids is 2. The number of halogens is 1. The van der Waals surface area contributed by atoms with Crippen LogP contribution in [0.4, 0.5) is 5.69 Å². The Morgan fingerprint density at radius 2 is 1.68 bits per heavy atom. The first-order valence-electron chi connectivity index (χ1n) is 8.15. The number of benzene rings is 2. The van der Waals surface area contributed by atoms with E-state index in [2.05, 4.69) is 10.6 Å². The third-order valence-electron chi connectivity index (χ3n) is 3.72. The molecular weight excluding hydrogens is 340 g/mol. The number of nitrogens with one attached hydrogen (secondary N) is 2. The van der Waals surface area contributed by atoms with Crippen molar-refractivity contribution in [3.8, 4) is 5.75 Å². The molecule has 5 nitrogen and oxygen atoms in total. The number of amides is 2. The van der Waals surface area contributed by atoms with Crippen molar-refractivity contribution in [2.24, 2.45) is 0 Å². The van der Waals surface area contributed by atoms with Gasteiger partial charge in [0.2, 0.25) is 11.8 Å². The van der Waals surface area contributed by atoms with Crippen LogP contribution in [0.3, 0.4) is 0 Å². The average molecular weight is 359 g/mol. The molecule has 0 unspecified atom stereocenters. The van der Waals surface area contributed by atoms with Gasteiger partial charge in [-0.1, -0.05) is 23.7 Å². The summed E-state index contributed by atoms with van der Waals surface area (Å²) in [5, 5.41) is 6.18. The van der Waals surface area contributed by atoms with Gasteiger partial charge in [0.1, 0.15) is 18.8 Å². The zero-order valence-electron chi connectivity index (χ0n) is 13.6. The van der Waals surface area contributed by atoms with Crippen LogP contribution in [0, 0.1) is 0 Å². The van der Waals surface area contributed by atoms with Crippen LogP contribution in [0.25, 0.3) is 0 Å². The molecule has 2 N–H and O–H groups in total. The third-order valence-corrected chi connectivity index (χ3v) is 3.97. The molecule has 0 bridgehead atoms. The van der Waals surface area contributed by atoms with Crippen molar-refractivity contribution in [1.82, 2.24) is 5.32 Å². The number of rotatable bonds is 7. The van der Waals surface area contributed by atoms with Crippen LogP contribution in [0.5, 0.6) is 5.75 Å². The van der Waals surface area contributed by atoms with E-state index in [4.69, 9.17) is 16.3 Å². The molecule has 25 heavy (non-hydrogen) atoms. The summed E-state index contributed by atoms with van der Waals surface area (Å²) < 4.78 is 5.69. The summed E-state index contributed by atoms with van der Waals surface area (Å²) in [6, 6.07) is 14.7. The molecule has 0 atom stereocenters. The number of hydrogen-bond acceptors (Lipinski definition) is 3. The van der Waals surface area contributed by atoms with Gasteiger partial charge in [-0.2, -0.15) is 0 Å². The molecule has 0 aliphatic heterocycles. The number of ether oxygens (including phenoxy) is 1. The van der Waals surface area contributed by atoms with Gasteiger partial charge in [0, 0.05) is 16.8 Å². The minimum atomic E-state index is -0.326. The first kappa shape index (κ1) is 17.3. The number of anilines is 1. The highest BCUT2D eigenvalue weighted by molar-refractivity contribution is 6.30. The average Bonchev–Trinajstić information content (AvgIpc) is 3.39. The van der Waals surface area contributed by atoms with Crippen LogP contribution in [-0.2, 0) is 16.2 Å². The van der Waals surface area contributed by atoms with Crippen LogP contribution in [-0.4, -0.2) is 17.9 Å². The predicted octanol–water partition coefficient (Wildman–Crippen LogP) is 3.53. The van der Waals surface area contributed by atoms with Crippen LogP contribution >= 0.6 is 11.6 Å². The molecule has 0 heterocycles. The van der Waals surface area contributed by atoms with E-state index in [9.17, 15) is 9.59 Å². The summed E-state index contributed by atoms with van der Waals surface area (Å²) in [6.45, 7) is 0.435. The molecule has 1 fully saturated rings. The van der Waals surface area contributed by atoms with Gasteiger partial charge in [-0.05, 0) is 54.8 Å². The van der Waals surface area contributed by atoms with Crippen molar-refractivity contribution in [3.63, 3.8) is 0 Å². The molecule has 1 saturated carbocycles. The smallest absolute Gasteiger partial charge is 0.233 e. The fraction of sp³-hybridized carbons (Fsp3) is 0.263. The largest absolute Gasteiger partial charge is 0.489 e. The summed E-state index contributed by atoms with van der Waals surface area (Å²) >= 11 is 5.85. The molecular formula is C19H19ClN2O3. The molecule has 2 aromatic carbocycles. The molecule has 2 amide bonds. The van der Waals surface area contributed by atoms with E-state index in [0.29, 0.717) is 23.1 Å². The van der Waals surface area contributed by atoms with Crippen molar-refractivity contribution >= 4 is 29.1 Å². The van der Waals surface area contributed by atoms with Gasteiger partial charge < -0.3 is 15.4 Å². The Morgan fingerprint density at radius 1 is 1.00 bits per heavy atom. The van der Waals surface area contributed by atoms with E-state index in [1.807, 2.05) is 24.3 Å². The second-order valence-corrected chi connectivity index (χ2v) is 6.44. The fourth-order valence-electron chi connectivity index (χ4n) is 2.24. The first-order chi connectivity index (χ1) is 12.1. The van der Waals surface area contributed by atoms with E-state index in [-0.39, 0.29) is 24.3 Å². The highest BCUT2D eigenvalue weighted by Crippen LogP contribution is 2.19. The summed E-state index contributed by atoms with van der Waals surface area (Å²) in [6.07, 6.45) is 1.85. The SMILES string of the molecule is O=C(CC(=O)NC1CC1)Nc1ccc(OCc2ccc(Cl)cc2)cc1. The van der Waals surface area contributed by atoms with Crippen molar-refractivity contribution < 1.29 is 14.3 Å². The predicted molar refractivity (Wildman–Crippen MR) is 96.6 cm³/mol. The highest BCUT2D eigenvalue weighted by atomic mass is 35.5. The van der Waals surface area contributed by atoms with E-state index < -0.39 is 0 Å². The second kappa shape index (κ2) is 8.03. The molecule has 130 valence electrons. The van der Waals surface area contributed by atoms with Gasteiger partial charge in [-0.3, -0.25) is 9.59 Å². The summed E-state index contributed by atoms with van der Waals surface area (Å²) in [7, 11) is 0.